The molecule has 1 fully saturated rings. The Morgan fingerprint density at radius 2 is 1.87 bits per heavy atom. The first-order chi connectivity index (χ1) is 14.9. The fourth-order valence-corrected chi connectivity index (χ4v) is 4.27. The molecule has 2 aromatic rings. The maximum absolute atomic E-state index is 13.5. The Balaban J connectivity index is 1.52. The van der Waals surface area contributed by atoms with E-state index in [1.165, 1.54) is 6.07 Å². The largest absolute Gasteiger partial charge is 0.416 e. The normalized spacial score (nSPS) is 21.4. The number of ether oxygens (including phenoxy) is 3. The molecule has 8 heteroatoms. The molecule has 2 aromatic carbocycles. The second-order valence-corrected chi connectivity index (χ2v) is 7.96. The summed E-state index contributed by atoms with van der Waals surface area (Å²) in [6.07, 6.45) is -3.85. The number of morpholine rings is 1. The Morgan fingerprint density at radius 1 is 1.10 bits per heavy atom. The predicted molar refractivity (Wildman–Crippen MR) is 111 cm³/mol. The molecule has 0 saturated carbocycles. The van der Waals surface area contributed by atoms with Gasteiger partial charge in [0.1, 0.15) is 5.60 Å². The lowest BCUT2D eigenvalue weighted by atomic mass is 9.90. The topological polar surface area (TPSA) is 57.0 Å². The predicted octanol–water partition coefficient (Wildman–Crippen LogP) is 3.83. The molecule has 0 aliphatic carbocycles. The molecule has 0 unspecified atom stereocenters. The molecule has 0 amide bonds. The van der Waals surface area contributed by atoms with Crippen molar-refractivity contribution in [1.82, 2.24) is 0 Å². The van der Waals surface area contributed by atoms with Gasteiger partial charge in [0.25, 0.3) is 0 Å². The van der Waals surface area contributed by atoms with Crippen LogP contribution in [-0.2, 0) is 39.2 Å². The number of nitrogens with two attached hydrogens (primary N) is 1. The van der Waals surface area contributed by atoms with E-state index in [0.29, 0.717) is 57.1 Å². The van der Waals surface area contributed by atoms with Crippen LogP contribution in [0.5, 0.6) is 0 Å². The van der Waals surface area contributed by atoms with Gasteiger partial charge in [-0.3, -0.25) is 0 Å². The van der Waals surface area contributed by atoms with E-state index >= 15 is 0 Å². The van der Waals surface area contributed by atoms with Crippen LogP contribution in [0.3, 0.4) is 0 Å². The smallest absolute Gasteiger partial charge is 0.378 e. The van der Waals surface area contributed by atoms with Crippen LogP contribution in [0.2, 0.25) is 0 Å². The van der Waals surface area contributed by atoms with Crippen molar-refractivity contribution in [3.05, 3.63) is 64.7 Å². The molecule has 31 heavy (non-hydrogen) atoms. The molecule has 1 atom stereocenters. The van der Waals surface area contributed by atoms with Crippen molar-refractivity contribution in [3.8, 4) is 0 Å². The lowest BCUT2D eigenvalue weighted by molar-refractivity contribution is -0.137. The van der Waals surface area contributed by atoms with Crippen molar-refractivity contribution in [2.75, 3.05) is 44.4 Å². The summed E-state index contributed by atoms with van der Waals surface area (Å²) in [5, 5.41) is 0. The van der Waals surface area contributed by atoms with Crippen LogP contribution in [0.1, 0.15) is 28.7 Å². The minimum Gasteiger partial charge on any atom is -0.378 e. The molecular weight excluding hydrogens is 409 g/mol. The molecule has 0 aromatic heterocycles. The van der Waals surface area contributed by atoms with Crippen molar-refractivity contribution >= 4 is 5.69 Å². The van der Waals surface area contributed by atoms with Crippen LogP contribution in [-0.4, -0.2) is 39.5 Å². The van der Waals surface area contributed by atoms with Crippen molar-refractivity contribution in [2.45, 2.75) is 31.4 Å². The lowest BCUT2D eigenvalue weighted by Crippen LogP contribution is -2.36. The molecule has 0 radical (unpaired) electrons. The van der Waals surface area contributed by atoms with Gasteiger partial charge in [0, 0.05) is 18.8 Å². The molecule has 0 spiro atoms. The van der Waals surface area contributed by atoms with E-state index in [-0.39, 0.29) is 13.2 Å². The zero-order valence-electron chi connectivity index (χ0n) is 17.3. The van der Waals surface area contributed by atoms with Gasteiger partial charge in [0.2, 0.25) is 0 Å². The number of hydrogen-bond donors (Lipinski definition) is 1. The summed E-state index contributed by atoms with van der Waals surface area (Å²) in [6.45, 7) is 3.30. The third-order valence-corrected chi connectivity index (χ3v) is 5.85. The van der Waals surface area contributed by atoms with Gasteiger partial charge in [-0.1, -0.05) is 24.3 Å². The van der Waals surface area contributed by atoms with E-state index in [1.807, 2.05) is 29.2 Å². The second-order valence-electron chi connectivity index (χ2n) is 7.96. The molecule has 2 heterocycles. The fraction of sp³-hybridized carbons (Fsp3) is 0.478. The molecule has 2 aliphatic rings. The summed E-state index contributed by atoms with van der Waals surface area (Å²) < 4.78 is 57.8. The van der Waals surface area contributed by atoms with Crippen LogP contribution in [0, 0.1) is 0 Å². The number of fused-ring (bicyclic) bond motifs is 1. The Morgan fingerprint density at radius 3 is 2.61 bits per heavy atom. The van der Waals surface area contributed by atoms with Crippen LogP contribution in [0.15, 0.2) is 42.5 Å². The maximum Gasteiger partial charge on any atom is 0.416 e. The standard InChI is InChI=1S/C23H27F3N2O3/c24-23(25,26)19-11-17(12-20(13-19)28-7-9-29-10-8-28)14-30-16-22(5-6-27)21-4-2-1-3-18(21)15-31-22/h1-4,11-13H,5-10,14-16,27H2/t22-/m1/s1. The van der Waals surface area contributed by atoms with Gasteiger partial charge in [-0.2, -0.15) is 13.2 Å². The zero-order chi connectivity index (χ0) is 21.9. The van der Waals surface area contributed by atoms with Gasteiger partial charge in [-0.05, 0) is 47.9 Å². The van der Waals surface area contributed by atoms with Gasteiger partial charge < -0.3 is 24.8 Å². The molecule has 5 nitrogen and oxygen atoms in total. The number of nitrogens with zero attached hydrogens (tertiary/aromatic N) is 1. The second kappa shape index (κ2) is 9.16. The lowest BCUT2D eigenvalue weighted by Gasteiger charge is -2.30. The molecule has 2 aliphatic heterocycles. The highest BCUT2D eigenvalue weighted by atomic mass is 19.4. The van der Waals surface area contributed by atoms with Crippen molar-refractivity contribution < 1.29 is 27.4 Å². The number of hydrogen-bond acceptors (Lipinski definition) is 5. The zero-order valence-corrected chi connectivity index (χ0v) is 17.3. The molecule has 1 saturated heterocycles. The van der Waals surface area contributed by atoms with Crippen molar-refractivity contribution in [2.24, 2.45) is 5.73 Å². The quantitative estimate of drug-likeness (QED) is 0.715. The number of alkyl halides is 3. The molecule has 2 N–H and O–H groups in total. The Hall–Kier alpha value is -2.13. The summed E-state index contributed by atoms with van der Waals surface area (Å²) in [4.78, 5) is 1.91. The van der Waals surface area contributed by atoms with Gasteiger partial charge in [-0.25, -0.2) is 0 Å². The molecular formula is C23H27F3N2O3. The number of anilines is 1. The van der Waals surface area contributed by atoms with E-state index in [0.717, 1.165) is 17.2 Å². The molecule has 0 bridgehead atoms. The Kier molecular flexibility index (Phi) is 6.52. The van der Waals surface area contributed by atoms with E-state index in [4.69, 9.17) is 19.9 Å². The summed E-state index contributed by atoms with van der Waals surface area (Å²) in [7, 11) is 0. The van der Waals surface area contributed by atoms with E-state index in [9.17, 15) is 13.2 Å². The van der Waals surface area contributed by atoms with Gasteiger partial charge in [0.05, 0.1) is 38.6 Å². The third-order valence-electron chi connectivity index (χ3n) is 5.85. The highest BCUT2D eigenvalue weighted by Crippen LogP contribution is 2.39. The monoisotopic (exact) mass is 436 g/mol. The Labute approximate surface area is 179 Å². The number of rotatable bonds is 7. The average Bonchev–Trinajstić information content (AvgIpc) is 3.13. The van der Waals surface area contributed by atoms with Crippen molar-refractivity contribution in [1.29, 1.82) is 0 Å². The van der Waals surface area contributed by atoms with Gasteiger partial charge in [-0.15, -0.1) is 0 Å². The Bertz CT molecular complexity index is 896. The average molecular weight is 436 g/mol. The minimum absolute atomic E-state index is 0.0547. The van der Waals surface area contributed by atoms with E-state index < -0.39 is 17.3 Å². The highest BCUT2D eigenvalue weighted by molar-refractivity contribution is 5.52. The van der Waals surface area contributed by atoms with Crippen LogP contribution in [0.4, 0.5) is 18.9 Å². The summed E-state index contributed by atoms with van der Waals surface area (Å²) in [5.74, 6) is 0. The maximum atomic E-state index is 13.5. The SMILES string of the molecule is NCC[C@]1(COCc2cc(N3CCOCC3)cc(C(F)(F)F)c2)OCc2ccccc21. The first-order valence-electron chi connectivity index (χ1n) is 10.5. The van der Waals surface area contributed by atoms with Crippen LogP contribution >= 0.6 is 0 Å². The summed E-state index contributed by atoms with van der Waals surface area (Å²) >= 11 is 0. The third kappa shape index (κ3) is 4.87. The van der Waals surface area contributed by atoms with Crippen LogP contribution < -0.4 is 10.6 Å². The van der Waals surface area contributed by atoms with E-state index in [2.05, 4.69) is 0 Å². The fourth-order valence-electron chi connectivity index (χ4n) is 4.27. The highest BCUT2D eigenvalue weighted by Gasteiger charge is 2.39. The van der Waals surface area contributed by atoms with Gasteiger partial charge in [0.15, 0.2) is 0 Å². The number of halogens is 3. The summed E-state index contributed by atoms with van der Waals surface area (Å²) in [5.41, 5.74) is 7.64. The van der Waals surface area contributed by atoms with Crippen molar-refractivity contribution in [3.63, 3.8) is 0 Å². The first-order valence-corrected chi connectivity index (χ1v) is 10.5. The minimum atomic E-state index is -4.43. The number of benzene rings is 2. The van der Waals surface area contributed by atoms with Gasteiger partial charge >= 0.3 is 6.18 Å². The van der Waals surface area contributed by atoms with Crippen LogP contribution in [0.25, 0.3) is 0 Å². The first kappa shape index (κ1) is 22.1. The summed E-state index contributed by atoms with van der Waals surface area (Å²) in [6, 6.07) is 12.0. The molecule has 168 valence electrons. The molecule has 4 rings (SSSR count). The van der Waals surface area contributed by atoms with E-state index in [1.54, 1.807) is 6.07 Å².